The van der Waals surface area contributed by atoms with Gasteiger partial charge in [0, 0.05) is 18.0 Å². The molecule has 1 atom stereocenters. The number of ketones is 1. The minimum Gasteiger partial charge on any atom is -0.497 e. The van der Waals surface area contributed by atoms with Gasteiger partial charge in [-0.2, -0.15) is 0 Å². The number of ether oxygens (including phenoxy) is 2. The molecule has 5 nitrogen and oxygen atoms in total. The lowest BCUT2D eigenvalue weighted by Crippen LogP contribution is -2.24. The van der Waals surface area contributed by atoms with Crippen molar-refractivity contribution >= 4 is 5.78 Å². The summed E-state index contributed by atoms with van der Waals surface area (Å²) in [5, 5.41) is 0. The zero-order valence-corrected chi connectivity index (χ0v) is 10.9. The van der Waals surface area contributed by atoms with Crippen molar-refractivity contribution in [2.75, 3.05) is 7.11 Å². The van der Waals surface area contributed by atoms with Crippen LogP contribution in [0.2, 0.25) is 0 Å². The fourth-order valence-corrected chi connectivity index (χ4v) is 2.22. The quantitative estimate of drug-likeness (QED) is 0.836. The minimum atomic E-state index is -0.587. The summed E-state index contributed by atoms with van der Waals surface area (Å²) in [6.45, 7) is 3.83. The molecule has 0 saturated carbocycles. The van der Waals surface area contributed by atoms with E-state index in [1.807, 2.05) is 0 Å². The van der Waals surface area contributed by atoms with Gasteiger partial charge in [0.05, 0.1) is 12.7 Å². The van der Waals surface area contributed by atoms with Gasteiger partial charge in [-0.1, -0.05) is 6.58 Å². The van der Waals surface area contributed by atoms with E-state index in [4.69, 9.17) is 9.47 Å². The molecule has 0 radical (unpaired) electrons. The monoisotopic (exact) mass is 268 g/mol. The first-order valence-corrected chi connectivity index (χ1v) is 6.04. The number of benzene rings is 1. The Hall–Kier alpha value is -2.69. The summed E-state index contributed by atoms with van der Waals surface area (Å²) in [6.07, 6.45) is 4.60. The van der Waals surface area contributed by atoms with E-state index < -0.39 is 5.92 Å². The molecule has 1 aromatic heterocycles. The highest BCUT2D eigenvalue weighted by atomic mass is 16.5. The van der Waals surface area contributed by atoms with Gasteiger partial charge in [0.25, 0.3) is 0 Å². The molecular formula is C15H12N2O3. The molecule has 0 aliphatic carbocycles. The Balaban J connectivity index is 2.08. The second kappa shape index (κ2) is 4.77. The lowest BCUT2D eigenvalue weighted by molar-refractivity contribution is 0.0937. The van der Waals surface area contributed by atoms with Crippen LogP contribution in [0.3, 0.4) is 0 Å². The second-order valence-electron chi connectivity index (χ2n) is 4.40. The molecule has 100 valence electrons. The predicted molar refractivity (Wildman–Crippen MR) is 71.9 cm³/mol. The maximum atomic E-state index is 12.6. The summed E-state index contributed by atoms with van der Waals surface area (Å²) in [5.41, 5.74) is 1.14. The summed E-state index contributed by atoms with van der Waals surface area (Å²) < 4.78 is 10.8. The van der Waals surface area contributed by atoms with E-state index in [-0.39, 0.29) is 5.78 Å². The molecular weight excluding hydrogens is 256 g/mol. The molecule has 1 unspecified atom stereocenters. The lowest BCUT2D eigenvalue weighted by atomic mass is 9.88. The predicted octanol–water partition coefficient (Wildman–Crippen LogP) is 2.36. The number of allylic oxidation sites excluding steroid dienone is 1. The highest BCUT2D eigenvalue weighted by Gasteiger charge is 2.34. The van der Waals surface area contributed by atoms with Gasteiger partial charge in [-0.05, 0) is 18.2 Å². The summed E-state index contributed by atoms with van der Waals surface area (Å²) in [6, 6.07) is 5.11. The summed E-state index contributed by atoms with van der Waals surface area (Å²) in [4.78, 5) is 20.5. The maximum Gasteiger partial charge on any atom is 0.181 e. The van der Waals surface area contributed by atoms with Crippen LogP contribution >= 0.6 is 0 Å². The van der Waals surface area contributed by atoms with Crippen LogP contribution < -0.4 is 9.47 Å². The summed E-state index contributed by atoms with van der Waals surface area (Å²) >= 11 is 0. The molecule has 0 saturated heterocycles. The SMILES string of the molecule is C=C1Oc2ccc(OC)cc2C(=O)C1c1cncnc1. The number of Topliss-reactive ketones (excluding diaryl/α,β-unsaturated/α-hetero) is 1. The molecule has 1 aliphatic rings. The van der Waals surface area contributed by atoms with Crippen molar-refractivity contribution < 1.29 is 14.3 Å². The average Bonchev–Trinajstić information content (AvgIpc) is 2.48. The van der Waals surface area contributed by atoms with Gasteiger partial charge >= 0.3 is 0 Å². The van der Waals surface area contributed by atoms with Crippen molar-refractivity contribution in [1.29, 1.82) is 0 Å². The average molecular weight is 268 g/mol. The van der Waals surface area contributed by atoms with Gasteiger partial charge in [-0.25, -0.2) is 9.97 Å². The van der Waals surface area contributed by atoms with E-state index in [0.29, 0.717) is 28.4 Å². The van der Waals surface area contributed by atoms with Crippen molar-refractivity contribution in [2.24, 2.45) is 0 Å². The van der Waals surface area contributed by atoms with Crippen molar-refractivity contribution in [2.45, 2.75) is 5.92 Å². The molecule has 0 spiro atoms. The zero-order valence-electron chi connectivity index (χ0n) is 10.9. The summed E-state index contributed by atoms with van der Waals surface area (Å²) in [5.74, 6) is 0.799. The number of hydrogen-bond acceptors (Lipinski definition) is 5. The molecule has 2 aromatic rings. The topological polar surface area (TPSA) is 61.3 Å². The third-order valence-electron chi connectivity index (χ3n) is 3.19. The Morgan fingerprint density at radius 3 is 2.75 bits per heavy atom. The fraction of sp³-hybridized carbons (Fsp3) is 0.133. The van der Waals surface area contributed by atoms with Gasteiger partial charge in [-0.15, -0.1) is 0 Å². The molecule has 20 heavy (non-hydrogen) atoms. The number of aromatic nitrogens is 2. The van der Waals surface area contributed by atoms with Crippen LogP contribution in [0.15, 0.2) is 49.3 Å². The number of hydrogen-bond donors (Lipinski definition) is 0. The number of rotatable bonds is 2. The second-order valence-corrected chi connectivity index (χ2v) is 4.40. The molecule has 0 bridgehead atoms. The molecule has 3 rings (SSSR count). The highest BCUT2D eigenvalue weighted by molar-refractivity contribution is 6.06. The number of carbonyl (C=O) groups is 1. The highest BCUT2D eigenvalue weighted by Crippen LogP contribution is 2.38. The first kappa shape index (κ1) is 12.3. The largest absolute Gasteiger partial charge is 0.497 e. The number of nitrogens with zero attached hydrogens (tertiary/aromatic N) is 2. The molecule has 1 aromatic carbocycles. The normalized spacial score (nSPS) is 17.4. The van der Waals surface area contributed by atoms with Crippen LogP contribution in [0.1, 0.15) is 21.8 Å². The third kappa shape index (κ3) is 1.93. The van der Waals surface area contributed by atoms with E-state index in [1.165, 1.54) is 6.33 Å². The smallest absolute Gasteiger partial charge is 0.181 e. The van der Waals surface area contributed by atoms with Gasteiger partial charge in [-0.3, -0.25) is 4.79 Å². The lowest BCUT2D eigenvalue weighted by Gasteiger charge is -2.25. The van der Waals surface area contributed by atoms with E-state index in [9.17, 15) is 4.79 Å². The number of carbonyl (C=O) groups excluding carboxylic acids is 1. The van der Waals surface area contributed by atoms with Crippen molar-refractivity contribution in [1.82, 2.24) is 9.97 Å². The van der Waals surface area contributed by atoms with Crippen LogP contribution in [-0.2, 0) is 0 Å². The standard InChI is InChI=1S/C15H12N2O3/c1-9-14(10-6-16-8-17-7-10)15(18)12-5-11(19-2)3-4-13(12)20-9/h3-8,14H,1H2,2H3. The van der Waals surface area contributed by atoms with Crippen LogP contribution in [0.5, 0.6) is 11.5 Å². The Morgan fingerprint density at radius 2 is 2.05 bits per heavy atom. The molecule has 1 aliphatic heterocycles. The Labute approximate surface area is 115 Å². The molecule has 5 heteroatoms. The summed E-state index contributed by atoms with van der Waals surface area (Å²) in [7, 11) is 1.55. The van der Waals surface area contributed by atoms with E-state index in [1.54, 1.807) is 37.7 Å². The van der Waals surface area contributed by atoms with Gasteiger partial charge in [0.2, 0.25) is 0 Å². The van der Waals surface area contributed by atoms with E-state index in [0.717, 1.165) is 0 Å². The maximum absolute atomic E-state index is 12.6. The number of fused-ring (bicyclic) bond motifs is 1. The Kier molecular flexibility index (Phi) is 2.95. The first-order chi connectivity index (χ1) is 9.70. The minimum absolute atomic E-state index is 0.0926. The van der Waals surface area contributed by atoms with Gasteiger partial charge in [0.15, 0.2) is 5.78 Å². The van der Waals surface area contributed by atoms with Crippen molar-refractivity contribution in [3.8, 4) is 11.5 Å². The molecule has 2 heterocycles. The molecule has 0 N–H and O–H groups in total. The van der Waals surface area contributed by atoms with Crippen LogP contribution in [0.4, 0.5) is 0 Å². The van der Waals surface area contributed by atoms with Crippen molar-refractivity contribution in [3.63, 3.8) is 0 Å². The van der Waals surface area contributed by atoms with Crippen LogP contribution in [-0.4, -0.2) is 22.9 Å². The number of methoxy groups -OCH3 is 1. The molecule has 0 fully saturated rings. The Bertz CT molecular complexity index is 683. The molecule has 0 amide bonds. The third-order valence-corrected chi connectivity index (χ3v) is 3.19. The fourth-order valence-electron chi connectivity index (χ4n) is 2.22. The van der Waals surface area contributed by atoms with E-state index >= 15 is 0 Å². The Morgan fingerprint density at radius 1 is 1.30 bits per heavy atom. The zero-order chi connectivity index (χ0) is 14.1. The van der Waals surface area contributed by atoms with Crippen LogP contribution in [0.25, 0.3) is 0 Å². The van der Waals surface area contributed by atoms with Crippen molar-refractivity contribution in [3.05, 3.63) is 60.4 Å². The van der Waals surface area contributed by atoms with Gasteiger partial charge in [0.1, 0.15) is 29.5 Å². The van der Waals surface area contributed by atoms with E-state index in [2.05, 4.69) is 16.5 Å². The first-order valence-electron chi connectivity index (χ1n) is 6.04. The van der Waals surface area contributed by atoms with Crippen LogP contribution in [0, 0.1) is 0 Å². The van der Waals surface area contributed by atoms with Gasteiger partial charge < -0.3 is 9.47 Å².